The van der Waals surface area contributed by atoms with Crippen LogP contribution in [0.3, 0.4) is 0 Å². The predicted molar refractivity (Wildman–Crippen MR) is 73.2 cm³/mol. The molecule has 19 heavy (non-hydrogen) atoms. The van der Waals surface area contributed by atoms with Crippen molar-refractivity contribution in [2.45, 2.75) is 83.4 Å². The van der Waals surface area contributed by atoms with Crippen molar-refractivity contribution in [2.24, 2.45) is 5.92 Å². The van der Waals surface area contributed by atoms with Gasteiger partial charge in [-0.05, 0) is 32.2 Å². The van der Waals surface area contributed by atoms with Gasteiger partial charge < -0.3 is 5.32 Å². The molecule has 0 amide bonds. The molecule has 1 fully saturated rings. The van der Waals surface area contributed by atoms with Crippen molar-refractivity contribution in [3.05, 3.63) is 0 Å². The number of halogens is 3. The van der Waals surface area contributed by atoms with Crippen LogP contribution in [0.4, 0.5) is 13.2 Å². The second-order valence-corrected chi connectivity index (χ2v) is 5.82. The molecule has 0 spiro atoms. The molecule has 2 unspecified atom stereocenters. The van der Waals surface area contributed by atoms with Gasteiger partial charge >= 0.3 is 6.18 Å². The highest BCUT2D eigenvalue weighted by molar-refractivity contribution is 4.81. The molecule has 0 bridgehead atoms. The molecule has 1 nitrogen and oxygen atoms in total. The Kier molecular flexibility index (Phi) is 7.81. The molecule has 0 aromatic carbocycles. The van der Waals surface area contributed by atoms with E-state index in [2.05, 4.69) is 12.2 Å². The van der Waals surface area contributed by atoms with Crippen molar-refractivity contribution in [2.75, 3.05) is 6.54 Å². The maximum Gasteiger partial charge on any atom is 0.391 e. The maximum atomic E-state index is 12.6. The normalized spacial score (nSPS) is 24.6. The fraction of sp³-hybridized carbons (Fsp3) is 1.00. The summed E-state index contributed by atoms with van der Waals surface area (Å²) >= 11 is 0. The largest absolute Gasteiger partial charge is 0.391 e. The lowest BCUT2D eigenvalue weighted by Crippen LogP contribution is -2.39. The van der Waals surface area contributed by atoms with Crippen molar-refractivity contribution in [1.29, 1.82) is 0 Å². The SMILES string of the molecule is CCCCCCCCNC1CCCC(C(F)(F)F)C1. The quantitative estimate of drug-likeness (QED) is 0.612. The van der Waals surface area contributed by atoms with Gasteiger partial charge in [0.15, 0.2) is 0 Å². The molecule has 1 rings (SSSR count). The highest BCUT2D eigenvalue weighted by atomic mass is 19.4. The van der Waals surface area contributed by atoms with Gasteiger partial charge in [-0.3, -0.25) is 0 Å². The van der Waals surface area contributed by atoms with E-state index in [4.69, 9.17) is 0 Å². The van der Waals surface area contributed by atoms with Crippen LogP contribution < -0.4 is 5.32 Å². The van der Waals surface area contributed by atoms with Gasteiger partial charge in [0, 0.05) is 6.04 Å². The van der Waals surface area contributed by atoms with Crippen LogP contribution in [0.15, 0.2) is 0 Å². The van der Waals surface area contributed by atoms with Crippen LogP contribution in [0.1, 0.15) is 71.1 Å². The molecule has 1 saturated carbocycles. The van der Waals surface area contributed by atoms with E-state index in [-0.39, 0.29) is 12.5 Å². The Bertz CT molecular complexity index is 228. The summed E-state index contributed by atoms with van der Waals surface area (Å²) in [5.41, 5.74) is 0. The van der Waals surface area contributed by atoms with Crippen LogP contribution in [0, 0.1) is 5.92 Å². The molecule has 114 valence electrons. The fourth-order valence-electron chi connectivity index (χ4n) is 2.88. The molecule has 4 heteroatoms. The molecule has 2 atom stereocenters. The van der Waals surface area contributed by atoms with Crippen molar-refractivity contribution < 1.29 is 13.2 Å². The van der Waals surface area contributed by atoms with Crippen LogP contribution >= 0.6 is 0 Å². The molecular formula is C15H28F3N. The minimum atomic E-state index is -4.00. The fourth-order valence-corrected chi connectivity index (χ4v) is 2.88. The third kappa shape index (κ3) is 7.19. The van der Waals surface area contributed by atoms with E-state index in [9.17, 15) is 13.2 Å². The molecule has 1 aliphatic carbocycles. The zero-order valence-electron chi connectivity index (χ0n) is 12.1. The summed E-state index contributed by atoms with van der Waals surface area (Å²) in [6.45, 7) is 3.07. The van der Waals surface area contributed by atoms with Gasteiger partial charge in [-0.1, -0.05) is 45.4 Å². The molecule has 0 aromatic heterocycles. The first-order valence-corrected chi connectivity index (χ1v) is 7.84. The van der Waals surface area contributed by atoms with Crippen LogP contribution in [-0.4, -0.2) is 18.8 Å². The molecular weight excluding hydrogens is 251 g/mol. The Morgan fingerprint density at radius 2 is 1.68 bits per heavy atom. The monoisotopic (exact) mass is 279 g/mol. The van der Waals surface area contributed by atoms with Gasteiger partial charge in [0.05, 0.1) is 5.92 Å². The minimum absolute atomic E-state index is 0.0796. The first kappa shape index (κ1) is 16.8. The van der Waals surface area contributed by atoms with Crippen molar-refractivity contribution in [3.8, 4) is 0 Å². The van der Waals surface area contributed by atoms with Crippen LogP contribution in [0.2, 0.25) is 0 Å². The number of alkyl halides is 3. The van der Waals surface area contributed by atoms with E-state index in [1.807, 2.05) is 0 Å². The molecule has 0 aliphatic heterocycles. The smallest absolute Gasteiger partial charge is 0.314 e. The summed E-state index contributed by atoms with van der Waals surface area (Å²) in [4.78, 5) is 0. The Morgan fingerprint density at radius 3 is 2.37 bits per heavy atom. The maximum absolute atomic E-state index is 12.6. The predicted octanol–water partition coefficient (Wildman–Crippen LogP) is 5.06. The molecule has 1 aliphatic rings. The summed E-state index contributed by atoms with van der Waals surface area (Å²) in [6.07, 6.45) is 5.59. The third-order valence-corrected chi connectivity index (χ3v) is 4.10. The number of nitrogens with one attached hydrogen (secondary N) is 1. The minimum Gasteiger partial charge on any atom is -0.314 e. The topological polar surface area (TPSA) is 12.0 Å². The standard InChI is InChI=1S/C15H28F3N/c1-2-3-4-5-6-7-11-19-14-10-8-9-13(12-14)15(16,17)18/h13-14,19H,2-12H2,1H3. The van der Waals surface area contributed by atoms with E-state index in [1.54, 1.807) is 0 Å². The molecule has 1 N–H and O–H groups in total. The average molecular weight is 279 g/mol. The molecule has 0 radical (unpaired) electrons. The van der Waals surface area contributed by atoms with Crippen molar-refractivity contribution in [3.63, 3.8) is 0 Å². The first-order chi connectivity index (χ1) is 9.04. The average Bonchev–Trinajstić information content (AvgIpc) is 2.37. The number of rotatable bonds is 8. The first-order valence-electron chi connectivity index (χ1n) is 7.84. The Labute approximate surface area is 115 Å². The van der Waals surface area contributed by atoms with E-state index < -0.39 is 12.1 Å². The van der Waals surface area contributed by atoms with E-state index >= 15 is 0 Å². The van der Waals surface area contributed by atoms with Gasteiger partial charge in [-0.15, -0.1) is 0 Å². The van der Waals surface area contributed by atoms with E-state index in [1.165, 1.54) is 32.1 Å². The summed E-state index contributed by atoms with van der Waals surface area (Å²) < 4.78 is 37.9. The number of hydrogen-bond donors (Lipinski definition) is 1. The molecule has 0 heterocycles. The van der Waals surface area contributed by atoms with Gasteiger partial charge in [-0.25, -0.2) is 0 Å². The number of hydrogen-bond acceptors (Lipinski definition) is 1. The van der Waals surface area contributed by atoms with Crippen LogP contribution in [-0.2, 0) is 0 Å². The second kappa shape index (κ2) is 8.83. The highest BCUT2D eigenvalue weighted by Crippen LogP contribution is 2.37. The summed E-state index contributed by atoms with van der Waals surface area (Å²) in [7, 11) is 0. The van der Waals surface area contributed by atoms with E-state index in [0.29, 0.717) is 12.8 Å². The van der Waals surface area contributed by atoms with E-state index in [0.717, 1.165) is 19.4 Å². The third-order valence-electron chi connectivity index (χ3n) is 4.10. The number of unbranched alkanes of at least 4 members (excludes halogenated alkanes) is 5. The van der Waals surface area contributed by atoms with Crippen molar-refractivity contribution in [1.82, 2.24) is 5.32 Å². The summed E-state index contributed by atoms with van der Waals surface area (Å²) in [5, 5.41) is 3.31. The molecule has 0 saturated heterocycles. The van der Waals surface area contributed by atoms with Gasteiger partial charge in [0.1, 0.15) is 0 Å². The highest BCUT2D eigenvalue weighted by Gasteiger charge is 2.41. The molecule has 0 aromatic rings. The zero-order valence-corrected chi connectivity index (χ0v) is 12.1. The lowest BCUT2D eigenvalue weighted by molar-refractivity contribution is -0.183. The second-order valence-electron chi connectivity index (χ2n) is 5.82. The van der Waals surface area contributed by atoms with Crippen LogP contribution in [0.25, 0.3) is 0 Å². The van der Waals surface area contributed by atoms with Crippen molar-refractivity contribution >= 4 is 0 Å². The zero-order chi connectivity index (χ0) is 14.1. The Hall–Kier alpha value is -0.250. The summed E-state index contributed by atoms with van der Waals surface area (Å²) in [5.74, 6) is -1.08. The summed E-state index contributed by atoms with van der Waals surface area (Å²) in [6, 6.07) is 0.0796. The Balaban J connectivity index is 2.06. The van der Waals surface area contributed by atoms with Gasteiger partial charge in [-0.2, -0.15) is 13.2 Å². The lowest BCUT2D eigenvalue weighted by atomic mass is 9.85. The Morgan fingerprint density at radius 1 is 1.00 bits per heavy atom. The van der Waals surface area contributed by atoms with Gasteiger partial charge in [0.25, 0.3) is 0 Å². The van der Waals surface area contributed by atoms with Crippen LogP contribution in [0.5, 0.6) is 0 Å². The lowest BCUT2D eigenvalue weighted by Gasteiger charge is -2.31. The van der Waals surface area contributed by atoms with Gasteiger partial charge in [0.2, 0.25) is 0 Å².